The van der Waals surface area contributed by atoms with E-state index in [1.165, 1.54) is 0 Å². The van der Waals surface area contributed by atoms with E-state index < -0.39 is 0 Å². The summed E-state index contributed by atoms with van der Waals surface area (Å²) in [6.45, 7) is 0. The average molecular weight is 603 g/mol. The molecule has 11 rings (SSSR count). The van der Waals surface area contributed by atoms with Crippen LogP contribution in [0.4, 0.5) is 0 Å². The molecule has 6 aromatic carbocycles. The van der Waals surface area contributed by atoms with Gasteiger partial charge in [0.1, 0.15) is 39.2 Å². The number of aromatic nitrogens is 4. The number of nitrogens with zero attached hydrogens (tertiary/aromatic N) is 4. The standard InChI is InChI=1S/C41H22N4O2/c1-2-13-31-25(9-1)26-10-3-6-14-32(26)45-40(31)43-38-37(23-17-19-29-27-11-4-7-15-33(27)46-35(29)21-23)42-39(44-41(38)45)24-18-20-30-28-12-5-8-16-34(28)47-36(30)22-24/h1-22H. The molecule has 0 radical (unpaired) electrons. The lowest BCUT2D eigenvalue weighted by molar-refractivity contribution is 0.668. The van der Waals surface area contributed by atoms with Crippen LogP contribution in [0.5, 0.6) is 0 Å². The minimum absolute atomic E-state index is 0.596. The first-order valence-corrected chi connectivity index (χ1v) is 15.6. The summed E-state index contributed by atoms with van der Waals surface area (Å²) in [5.74, 6) is 0.596. The SMILES string of the molecule is c1ccc2c(c1)oc1cc(-c3nc(-c4ccc5c(c4)oc4ccccc45)c4nc5c6ccccc6c6ccccc6n5c4n3)ccc12. The van der Waals surface area contributed by atoms with Crippen LogP contribution >= 0.6 is 0 Å². The van der Waals surface area contributed by atoms with E-state index in [4.69, 9.17) is 23.8 Å². The second-order valence-corrected chi connectivity index (χ2v) is 12.0. The minimum Gasteiger partial charge on any atom is -0.456 e. The number of fused-ring (bicyclic) bond motifs is 14. The third-order valence-corrected chi connectivity index (χ3v) is 9.40. The summed E-state index contributed by atoms with van der Waals surface area (Å²) < 4.78 is 14.8. The fourth-order valence-electron chi connectivity index (χ4n) is 7.24. The van der Waals surface area contributed by atoms with E-state index in [1.807, 2.05) is 42.5 Å². The molecule has 0 saturated carbocycles. The van der Waals surface area contributed by atoms with Gasteiger partial charge in [-0.2, -0.15) is 0 Å². The molecule has 0 aliphatic rings. The molecule has 0 atom stereocenters. The second-order valence-electron chi connectivity index (χ2n) is 12.0. The topological polar surface area (TPSA) is 69.4 Å². The van der Waals surface area contributed by atoms with Crippen molar-refractivity contribution in [1.29, 1.82) is 0 Å². The van der Waals surface area contributed by atoms with Crippen molar-refractivity contribution in [2.75, 3.05) is 0 Å². The molecule has 0 amide bonds. The quantitative estimate of drug-likeness (QED) is 0.184. The molecule has 0 unspecified atom stereocenters. The van der Waals surface area contributed by atoms with Crippen LogP contribution in [-0.2, 0) is 0 Å². The van der Waals surface area contributed by atoms with Gasteiger partial charge in [0, 0.05) is 43.4 Å². The first kappa shape index (κ1) is 24.8. The molecular weight excluding hydrogens is 580 g/mol. The highest BCUT2D eigenvalue weighted by atomic mass is 16.3. The Morgan fingerprint density at radius 2 is 0.957 bits per heavy atom. The molecule has 0 bridgehead atoms. The van der Waals surface area contributed by atoms with Crippen LogP contribution in [-0.4, -0.2) is 19.4 Å². The van der Waals surface area contributed by atoms with Gasteiger partial charge in [0.2, 0.25) is 0 Å². The van der Waals surface area contributed by atoms with Gasteiger partial charge in [-0.1, -0.05) is 91.0 Å². The van der Waals surface area contributed by atoms with Gasteiger partial charge in [-0.05, 0) is 47.9 Å². The van der Waals surface area contributed by atoms with Crippen molar-refractivity contribution in [1.82, 2.24) is 19.4 Å². The van der Waals surface area contributed by atoms with Gasteiger partial charge in [-0.3, -0.25) is 4.40 Å². The van der Waals surface area contributed by atoms with Crippen LogP contribution in [0.1, 0.15) is 0 Å². The number of furan rings is 2. The Hall–Kier alpha value is -6.53. The number of hydrogen-bond donors (Lipinski definition) is 0. The fourth-order valence-corrected chi connectivity index (χ4v) is 7.24. The molecule has 5 heterocycles. The Kier molecular flexibility index (Phi) is 4.75. The zero-order valence-electron chi connectivity index (χ0n) is 24.8. The van der Waals surface area contributed by atoms with Crippen molar-refractivity contribution in [2.24, 2.45) is 0 Å². The van der Waals surface area contributed by atoms with Crippen molar-refractivity contribution < 1.29 is 8.83 Å². The molecule has 218 valence electrons. The van der Waals surface area contributed by atoms with Gasteiger partial charge < -0.3 is 8.83 Å². The number of benzene rings is 6. The molecule has 0 aliphatic heterocycles. The maximum Gasteiger partial charge on any atom is 0.169 e. The summed E-state index contributed by atoms with van der Waals surface area (Å²) in [7, 11) is 0. The van der Waals surface area contributed by atoms with Crippen molar-refractivity contribution >= 4 is 82.4 Å². The molecule has 6 nitrogen and oxygen atoms in total. The zero-order valence-corrected chi connectivity index (χ0v) is 24.8. The molecule has 0 N–H and O–H groups in total. The Morgan fingerprint density at radius 3 is 1.68 bits per heavy atom. The number of hydrogen-bond acceptors (Lipinski definition) is 5. The Morgan fingerprint density at radius 1 is 0.404 bits per heavy atom. The first-order valence-electron chi connectivity index (χ1n) is 15.6. The lowest BCUT2D eigenvalue weighted by Gasteiger charge is -2.09. The van der Waals surface area contributed by atoms with Crippen LogP contribution in [0.2, 0.25) is 0 Å². The van der Waals surface area contributed by atoms with E-state index in [0.717, 1.165) is 99.2 Å². The Bertz CT molecular complexity index is 3090. The monoisotopic (exact) mass is 602 g/mol. The summed E-state index contributed by atoms with van der Waals surface area (Å²) >= 11 is 0. The summed E-state index contributed by atoms with van der Waals surface area (Å²) in [6.07, 6.45) is 0. The van der Waals surface area contributed by atoms with Crippen LogP contribution in [0.15, 0.2) is 142 Å². The number of rotatable bonds is 2. The van der Waals surface area contributed by atoms with E-state index in [0.29, 0.717) is 5.82 Å². The highest BCUT2D eigenvalue weighted by Crippen LogP contribution is 2.38. The summed E-state index contributed by atoms with van der Waals surface area (Å²) in [4.78, 5) is 15.8. The van der Waals surface area contributed by atoms with Crippen molar-refractivity contribution in [2.45, 2.75) is 0 Å². The van der Waals surface area contributed by atoms with Gasteiger partial charge >= 0.3 is 0 Å². The molecule has 0 fully saturated rings. The predicted molar refractivity (Wildman–Crippen MR) is 189 cm³/mol. The summed E-state index contributed by atoms with van der Waals surface area (Å²) in [6, 6.07) is 45.6. The molecule has 0 saturated heterocycles. The van der Waals surface area contributed by atoms with Crippen LogP contribution in [0, 0.1) is 0 Å². The van der Waals surface area contributed by atoms with E-state index in [9.17, 15) is 0 Å². The maximum absolute atomic E-state index is 6.31. The van der Waals surface area contributed by atoms with Crippen LogP contribution in [0.3, 0.4) is 0 Å². The third-order valence-electron chi connectivity index (χ3n) is 9.40. The summed E-state index contributed by atoms with van der Waals surface area (Å²) in [5, 5.41) is 7.67. The smallest absolute Gasteiger partial charge is 0.169 e. The normalized spacial score (nSPS) is 12.3. The Balaban J connectivity index is 1.26. The van der Waals surface area contributed by atoms with Crippen molar-refractivity contribution in [3.63, 3.8) is 0 Å². The van der Waals surface area contributed by atoms with Gasteiger partial charge in [0.25, 0.3) is 0 Å². The number of pyridine rings is 1. The van der Waals surface area contributed by atoms with Gasteiger partial charge in [-0.25, -0.2) is 15.0 Å². The lowest BCUT2D eigenvalue weighted by atomic mass is 10.1. The van der Waals surface area contributed by atoms with Crippen LogP contribution in [0.25, 0.3) is 105 Å². The Labute approximate surface area is 266 Å². The van der Waals surface area contributed by atoms with Gasteiger partial charge in [0.05, 0.1) is 5.52 Å². The summed E-state index contributed by atoms with van der Waals surface area (Å²) in [5.41, 5.74) is 9.21. The molecular formula is C41H22N4O2. The van der Waals surface area contributed by atoms with Gasteiger partial charge in [-0.15, -0.1) is 0 Å². The molecule has 11 aromatic rings. The first-order chi connectivity index (χ1) is 23.3. The third kappa shape index (κ3) is 3.41. The maximum atomic E-state index is 6.31. The minimum atomic E-state index is 0.596. The number of para-hydroxylation sites is 3. The largest absolute Gasteiger partial charge is 0.456 e. The fraction of sp³-hybridized carbons (Fsp3) is 0. The van der Waals surface area contributed by atoms with E-state index in [1.54, 1.807) is 0 Å². The van der Waals surface area contributed by atoms with Gasteiger partial charge in [0.15, 0.2) is 11.5 Å². The molecule has 0 aliphatic carbocycles. The molecule has 47 heavy (non-hydrogen) atoms. The van der Waals surface area contributed by atoms with E-state index in [2.05, 4.69) is 95.4 Å². The number of imidazole rings is 1. The van der Waals surface area contributed by atoms with Crippen LogP contribution < -0.4 is 0 Å². The molecule has 0 spiro atoms. The molecule has 5 aromatic heterocycles. The van der Waals surface area contributed by atoms with E-state index in [-0.39, 0.29) is 0 Å². The average Bonchev–Trinajstić information content (AvgIpc) is 3.82. The zero-order chi connectivity index (χ0) is 30.6. The van der Waals surface area contributed by atoms with Crippen molar-refractivity contribution in [3.05, 3.63) is 133 Å². The van der Waals surface area contributed by atoms with Crippen molar-refractivity contribution in [3.8, 4) is 22.6 Å². The van der Waals surface area contributed by atoms with E-state index >= 15 is 0 Å². The highest BCUT2D eigenvalue weighted by molar-refractivity contribution is 6.14. The second kappa shape index (κ2) is 9.02. The lowest BCUT2D eigenvalue weighted by Crippen LogP contribution is -1.97. The highest BCUT2D eigenvalue weighted by Gasteiger charge is 2.21. The predicted octanol–water partition coefficient (Wildman–Crippen LogP) is 10.7. The molecule has 6 heteroatoms.